The van der Waals surface area contributed by atoms with Gasteiger partial charge in [0.1, 0.15) is 12.4 Å². The fourth-order valence-corrected chi connectivity index (χ4v) is 5.75. The highest BCUT2D eigenvalue weighted by Crippen LogP contribution is 2.34. The minimum absolute atomic E-state index is 0.0523. The van der Waals surface area contributed by atoms with Crippen LogP contribution in [0, 0.1) is 0 Å². The average Bonchev–Trinajstić information content (AvgIpc) is 3.86. The molecule has 0 radical (unpaired) electrons. The molecular formula is C32H30F3N9O4. The van der Waals surface area contributed by atoms with E-state index in [4.69, 9.17) is 19.6 Å². The van der Waals surface area contributed by atoms with Crippen LogP contribution in [0.1, 0.15) is 17.2 Å². The summed E-state index contributed by atoms with van der Waals surface area (Å²) < 4.78 is 60.3. The number of fused-ring (bicyclic) bond motifs is 3. The minimum Gasteiger partial charge on any atom is -0.491 e. The fourth-order valence-electron chi connectivity index (χ4n) is 5.75. The molecule has 5 heterocycles. The van der Waals surface area contributed by atoms with E-state index >= 15 is 0 Å². The maximum Gasteiger partial charge on any atom is 0.416 e. The lowest BCUT2D eigenvalue weighted by Crippen LogP contribution is -2.51. The third kappa shape index (κ3) is 5.85. The second kappa shape index (κ2) is 12.5. The molecule has 0 saturated carbocycles. The summed E-state index contributed by atoms with van der Waals surface area (Å²) in [4.78, 5) is 27.1. The normalized spacial score (nSPS) is 14.6. The molecule has 248 valence electrons. The Balaban J connectivity index is 1.21. The van der Waals surface area contributed by atoms with Gasteiger partial charge in [-0.3, -0.25) is 4.79 Å². The second-order valence-electron chi connectivity index (χ2n) is 11.1. The highest BCUT2D eigenvalue weighted by molar-refractivity contribution is 5.92. The van der Waals surface area contributed by atoms with E-state index in [1.165, 1.54) is 33.8 Å². The largest absolute Gasteiger partial charge is 0.491 e. The number of halogens is 3. The molecule has 6 aromatic rings. The Hall–Kier alpha value is -5.64. The maximum atomic E-state index is 14.4. The smallest absolute Gasteiger partial charge is 0.416 e. The van der Waals surface area contributed by atoms with Crippen molar-refractivity contribution in [3.63, 3.8) is 0 Å². The standard InChI is InChI=1S/C32H30F3N9O4/c1-46-16-17-47-23-9-7-22(8-10-23)41-11-13-42(14-12-41)30(45)26(20-4-2-5-21(18-20)32(33,34)35)43-29-24(19-37-43)28-38-27(25-6-3-15-48-25)40-44(28)31(36)39-29/h2-10,15,18-19,26H,11-14,16-17H2,1H3,(H2,36,39). The number of aromatic nitrogens is 6. The van der Waals surface area contributed by atoms with Crippen molar-refractivity contribution in [2.45, 2.75) is 12.2 Å². The lowest BCUT2D eigenvalue weighted by molar-refractivity contribution is -0.138. The van der Waals surface area contributed by atoms with Crippen LogP contribution in [-0.2, 0) is 15.7 Å². The fraction of sp³-hybridized carbons (Fsp3) is 0.281. The summed E-state index contributed by atoms with van der Waals surface area (Å²) in [7, 11) is 1.61. The van der Waals surface area contributed by atoms with Crippen molar-refractivity contribution in [3.05, 3.63) is 84.3 Å². The Kier molecular flexibility index (Phi) is 8.08. The third-order valence-electron chi connectivity index (χ3n) is 8.15. The van der Waals surface area contributed by atoms with Crippen LogP contribution in [0.3, 0.4) is 0 Å². The van der Waals surface area contributed by atoms with E-state index in [0.29, 0.717) is 56.2 Å². The number of ether oxygens (including phenoxy) is 2. The van der Waals surface area contributed by atoms with Crippen molar-refractivity contribution in [2.24, 2.45) is 0 Å². The van der Waals surface area contributed by atoms with Gasteiger partial charge in [0.25, 0.3) is 5.91 Å². The average molecular weight is 662 g/mol. The number of nitrogen functional groups attached to an aromatic ring is 1. The first-order valence-electron chi connectivity index (χ1n) is 15.1. The molecule has 1 aliphatic rings. The molecule has 1 fully saturated rings. The molecule has 4 aromatic heterocycles. The van der Waals surface area contributed by atoms with Gasteiger partial charge in [-0.1, -0.05) is 12.1 Å². The van der Waals surface area contributed by atoms with E-state index in [1.54, 1.807) is 24.1 Å². The molecular weight excluding hydrogens is 631 g/mol. The van der Waals surface area contributed by atoms with Crippen molar-refractivity contribution >= 4 is 34.2 Å². The van der Waals surface area contributed by atoms with Gasteiger partial charge in [-0.25, -0.2) is 9.67 Å². The van der Waals surface area contributed by atoms with Crippen LogP contribution < -0.4 is 15.4 Å². The molecule has 2 aromatic carbocycles. The Morgan fingerprint density at radius 2 is 1.79 bits per heavy atom. The Bertz CT molecular complexity index is 2050. The van der Waals surface area contributed by atoms with E-state index < -0.39 is 23.7 Å². The summed E-state index contributed by atoms with van der Waals surface area (Å²) in [6.07, 6.45) is -1.69. The monoisotopic (exact) mass is 661 g/mol. The first-order chi connectivity index (χ1) is 23.2. The van der Waals surface area contributed by atoms with E-state index in [-0.39, 0.29) is 23.0 Å². The number of hydrogen-bond donors (Lipinski definition) is 1. The van der Waals surface area contributed by atoms with E-state index in [2.05, 4.69) is 25.1 Å². The summed E-state index contributed by atoms with van der Waals surface area (Å²) in [5.74, 6) is 0.892. The van der Waals surface area contributed by atoms with Gasteiger partial charge in [-0.2, -0.15) is 27.8 Å². The van der Waals surface area contributed by atoms with Crippen molar-refractivity contribution in [1.82, 2.24) is 34.3 Å². The summed E-state index contributed by atoms with van der Waals surface area (Å²) in [5.41, 5.74) is 6.92. The highest BCUT2D eigenvalue weighted by Gasteiger charge is 2.36. The SMILES string of the molecule is COCCOc1ccc(N2CCN(C(=O)C(c3cccc(C(F)(F)F)c3)n3ncc4c3nc(N)n3nc(-c5ccco5)nc43)CC2)cc1. The summed E-state index contributed by atoms with van der Waals surface area (Å²) in [6, 6.07) is 14.4. The number of methoxy groups -OCH3 is 1. The third-order valence-corrected chi connectivity index (χ3v) is 8.15. The molecule has 13 nitrogen and oxygen atoms in total. The minimum atomic E-state index is -4.62. The molecule has 2 N–H and O–H groups in total. The number of benzene rings is 2. The molecule has 7 rings (SSSR count). The number of furan rings is 1. The predicted octanol–water partition coefficient (Wildman–Crippen LogP) is 4.30. The van der Waals surface area contributed by atoms with Gasteiger partial charge >= 0.3 is 6.18 Å². The van der Waals surface area contributed by atoms with Gasteiger partial charge in [-0.15, -0.1) is 5.10 Å². The molecule has 1 amide bonds. The summed E-state index contributed by atoms with van der Waals surface area (Å²) in [5, 5.41) is 9.27. The van der Waals surface area contributed by atoms with Gasteiger partial charge in [0, 0.05) is 39.0 Å². The summed E-state index contributed by atoms with van der Waals surface area (Å²) >= 11 is 0. The number of anilines is 2. The number of nitrogens with two attached hydrogens (primary N) is 1. The van der Waals surface area contributed by atoms with Crippen LogP contribution >= 0.6 is 0 Å². The van der Waals surface area contributed by atoms with Gasteiger partial charge in [0.05, 0.1) is 30.0 Å². The van der Waals surface area contributed by atoms with Crippen molar-refractivity contribution < 1.29 is 31.9 Å². The maximum absolute atomic E-state index is 14.4. The van der Waals surface area contributed by atoms with Crippen LogP contribution in [0.4, 0.5) is 24.8 Å². The Morgan fingerprint density at radius 1 is 1.00 bits per heavy atom. The van der Waals surface area contributed by atoms with Crippen molar-refractivity contribution in [2.75, 3.05) is 57.1 Å². The Labute approximate surface area is 271 Å². The van der Waals surface area contributed by atoms with Crippen molar-refractivity contribution in [3.8, 4) is 17.3 Å². The number of rotatable bonds is 9. The topological polar surface area (TPSA) is 142 Å². The quantitative estimate of drug-likeness (QED) is 0.223. The van der Waals surface area contributed by atoms with E-state index in [0.717, 1.165) is 23.6 Å². The van der Waals surface area contributed by atoms with Crippen LogP contribution in [0.25, 0.3) is 28.3 Å². The van der Waals surface area contributed by atoms with Crippen LogP contribution in [0.5, 0.6) is 5.75 Å². The van der Waals surface area contributed by atoms with Gasteiger partial charge < -0.3 is 29.4 Å². The summed E-state index contributed by atoms with van der Waals surface area (Å²) in [6.45, 7) is 2.59. The van der Waals surface area contributed by atoms with E-state index in [9.17, 15) is 18.0 Å². The number of carbonyl (C=O) groups excluding carboxylic acids is 1. The van der Waals surface area contributed by atoms with Crippen LogP contribution in [-0.4, -0.2) is 86.7 Å². The number of amides is 1. The first-order valence-corrected chi connectivity index (χ1v) is 15.1. The predicted molar refractivity (Wildman–Crippen MR) is 168 cm³/mol. The lowest BCUT2D eigenvalue weighted by Gasteiger charge is -2.37. The van der Waals surface area contributed by atoms with Crippen LogP contribution in [0.2, 0.25) is 0 Å². The second-order valence-corrected chi connectivity index (χ2v) is 11.1. The molecule has 16 heteroatoms. The Morgan fingerprint density at radius 3 is 2.50 bits per heavy atom. The number of alkyl halides is 3. The van der Waals surface area contributed by atoms with Crippen LogP contribution in [0.15, 0.2) is 77.5 Å². The molecule has 1 aliphatic heterocycles. The van der Waals surface area contributed by atoms with Gasteiger partial charge in [0.15, 0.2) is 23.1 Å². The molecule has 1 saturated heterocycles. The zero-order chi connectivity index (χ0) is 33.4. The zero-order valence-corrected chi connectivity index (χ0v) is 25.7. The zero-order valence-electron chi connectivity index (χ0n) is 25.7. The highest BCUT2D eigenvalue weighted by atomic mass is 19.4. The molecule has 0 bridgehead atoms. The molecule has 0 aliphatic carbocycles. The molecule has 0 spiro atoms. The molecule has 1 atom stereocenters. The molecule has 48 heavy (non-hydrogen) atoms. The molecule has 1 unspecified atom stereocenters. The number of hydrogen-bond acceptors (Lipinski definition) is 10. The van der Waals surface area contributed by atoms with E-state index in [1.807, 2.05) is 24.3 Å². The first kappa shape index (κ1) is 31.0. The van der Waals surface area contributed by atoms with Gasteiger partial charge in [0.2, 0.25) is 11.8 Å². The van der Waals surface area contributed by atoms with Crippen molar-refractivity contribution in [1.29, 1.82) is 0 Å². The van der Waals surface area contributed by atoms with Gasteiger partial charge in [-0.05, 0) is 54.1 Å². The number of nitrogens with zero attached hydrogens (tertiary/aromatic N) is 8. The lowest BCUT2D eigenvalue weighted by atomic mass is 10.0. The number of carbonyl (C=O) groups is 1. The number of piperazine rings is 1.